The third kappa shape index (κ3) is 2.67. The molecule has 3 atom stereocenters. The summed E-state index contributed by atoms with van der Waals surface area (Å²) in [6, 6.07) is 5.37. The molecule has 4 heteroatoms. The molecule has 0 aliphatic heterocycles. The Hall–Kier alpha value is -1.71. The number of para-hydroxylation sites is 1. The molecule has 0 saturated heterocycles. The maximum atomic E-state index is 11.6. The monoisotopic (exact) mass is 263 g/mol. The van der Waals surface area contributed by atoms with E-state index >= 15 is 0 Å². The minimum Gasteiger partial charge on any atom is -0.495 e. The first kappa shape index (κ1) is 13.7. The maximum absolute atomic E-state index is 11.6. The highest BCUT2D eigenvalue weighted by molar-refractivity contribution is 5.80. The van der Waals surface area contributed by atoms with Crippen molar-refractivity contribution < 1.29 is 14.6 Å². The largest absolute Gasteiger partial charge is 0.495 e. The molecule has 1 aromatic carbocycles. The van der Waals surface area contributed by atoms with Gasteiger partial charge in [0.2, 0.25) is 0 Å². The Kier molecular flexibility index (Phi) is 3.98. The van der Waals surface area contributed by atoms with E-state index in [1.807, 2.05) is 0 Å². The molecule has 0 heterocycles. The van der Waals surface area contributed by atoms with Gasteiger partial charge in [-0.25, -0.2) is 0 Å². The van der Waals surface area contributed by atoms with Gasteiger partial charge < -0.3 is 15.6 Å². The normalized spacial score (nSPS) is 24.1. The lowest BCUT2D eigenvalue weighted by Crippen LogP contribution is -2.21. The number of anilines is 1. The standard InChI is InChI=1S/C15H21NO3/c1-9-6-7-10(8-9)13(15(17)18)11-4-3-5-12(19-2)14(11)16/h3-5,9-10,13H,6-8,16H2,1-2H3,(H,17,18). The Bertz CT molecular complexity index is 472. The second-order valence-electron chi connectivity index (χ2n) is 5.46. The summed E-state index contributed by atoms with van der Waals surface area (Å²) in [7, 11) is 1.54. The second kappa shape index (κ2) is 5.51. The van der Waals surface area contributed by atoms with Crippen LogP contribution in [0.5, 0.6) is 5.75 Å². The number of nitrogens with two attached hydrogens (primary N) is 1. The number of carboxylic acid groups (broad SMARTS) is 1. The van der Waals surface area contributed by atoms with E-state index in [1.165, 1.54) is 0 Å². The van der Waals surface area contributed by atoms with E-state index in [0.717, 1.165) is 19.3 Å². The zero-order valence-corrected chi connectivity index (χ0v) is 11.4. The summed E-state index contributed by atoms with van der Waals surface area (Å²) >= 11 is 0. The maximum Gasteiger partial charge on any atom is 0.311 e. The van der Waals surface area contributed by atoms with Gasteiger partial charge in [-0.15, -0.1) is 0 Å². The molecule has 3 unspecified atom stereocenters. The molecule has 0 amide bonds. The molecule has 1 aliphatic carbocycles. The van der Waals surface area contributed by atoms with Crippen molar-refractivity contribution in [3.8, 4) is 5.75 Å². The molecule has 0 radical (unpaired) electrons. The lowest BCUT2D eigenvalue weighted by atomic mass is 9.83. The Labute approximate surface area is 113 Å². The van der Waals surface area contributed by atoms with E-state index in [2.05, 4.69) is 6.92 Å². The van der Waals surface area contributed by atoms with Gasteiger partial charge in [0, 0.05) is 0 Å². The zero-order chi connectivity index (χ0) is 14.0. The first-order valence-electron chi connectivity index (χ1n) is 6.69. The van der Waals surface area contributed by atoms with Crippen LogP contribution >= 0.6 is 0 Å². The fourth-order valence-electron chi connectivity index (χ4n) is 3.15. The van der Waals surface area contributed by atoms with E-state index in [4.69, 9.17) is 10.5 Å². The van der Waals surface area contributed by atoms with E-state index in [0.29, 0.717) is 22.9 Å². The van der Waals surface area contributed by atoms with Gasteiger partial charge in [0.25, 0.3) is 0 Å². The van der Waals surface area contributed by atoms with Crippen LogP contribution in [-0.4, -0.2) is 18.2 Å². The minimum absolute atomic E-state index is 0.168. The average Bonchev–Trinajstić information content (AvgIpc) is 2.78. The Morgan fingerprint density at radius 3 is 2.74 bits per heavy atom. The number of aliphatic carboxylic acids is 1. The van der Waals surface area contributed by atoms with Gasteiger partial charge in [0.15, 0.2) is 0 Å². The highest BCUT2D eigenvalue weighted by atomic mass is 16.5. The SMILES string of the molecule is COc1cccc(C(C(=O)O)C2CCC(C)C2)c1N. The number of carboxylic acids is 1. The molecule has 0 spiro atoms. The summed E-state index contributed by atoms with van der Waals surface area (Å²) in [4.78, 5) is 11.6. The topological polar surface area (TPSA) is 72.5 Å². The summed E-state index contributed by atoms with van der Waals surface area (Å²) in [6.07, 6.45) is 3.00. The molecule has 2 rings (SSSR count). The molecule has 3 N–H and O–H groups in total. The third-order valence-electron chi connectivity index (χ3n) is 4.13. The minimum atomic E-state index is -0.793. The molecular formula is C15H21NO3. The van der Waals surface area contributed by atoms with Crippen LogP contribution in [0.15, 0.2) is 18.2 Å². The molecule has 1 saturated carbocycles. The number of hydrogen-bond acceptors (Lipinski definition) is 3. The second-order valence-corrected chi connectivity index (χ2v) is 5.46. The van der Waals surface area contributed by atoms with Crippen LogP contribution in [0.1, 0.15) is 37.7 Å². The Morgan fingerprint density at radius 1 is 1.47 bits per heavy atom. The molecular weight excluding hydrogens is 242 g/mol. The Morgan fingerprint density at radius 2 is 2.21 bits per heavy atom. The van der Waals surface area contributed by atoms with Crippen LogP contribution in [0.2, 0.25) is 0 Å². The molecule has 1 aliphatic rings. The van der Waals surface area contributed by atoms with Crippen molar-refractivity contribution in [3.05, 3.63) is 23.8 Å². The van der Waals surface area contributed by atoms with Gasteiger partial charge in [0.05, 0.1) is 18.7 Å². The van der Waals surface area contributed by atoms with E-state index in [-0.39, 0.29) is 5.92 Å². The predicted molar refractivity (Wildman–Crippen MR) is 74.3 cm³/mol. The van der Waals surface area contributed by atoms with Crippen LogP contribution in [-0.2, 0) is 4.79 Å². The highest BCUT2D eigenvalue weighted by Crippen LogP contribution is 2.43. The number of benzene rings is 1. The van der Waals surface area contributed by atoms with Gasteiger partial charge in [0.1, 0.15) is 5.75 Å². The van der Waals surface area contributed by atoms with Crippen LogP contribution in [0.3, 0.4) is 0 Å². The number of rotatable bonds is 4. The van der Waals surface area contributed by atoms with Crippen molar-refractivity contribution >= 4 is 11.7 Å². The van der Waals surface area contributed by atoms with Crippen LogP contribution in [0, 0.1) is 11.8 Å². The molecule has 0 bridgehead atoms. The average molecular weight is 263 g/mol. The van der Waals surface area contributed by atoms with Gasteiger partial charge >= 0.3 is 5.97 Å². The molecule has 1 aromatic rings. The molecule has 1 fully saturated rings. The molecule has 0 aromatic heterocycles. The summed E-state index contributed by atoms with van der Waals surface area (Å²) in [5, 5.41) is 9.57. The van der Waals surface area contributed by atoms with Crippen LogP contribution in [0.4, 0.5) is 5.69 Å². The van der Waals surface area contributed by atoms with E-state index < -0.39 is 11.9 Å². The highest BCUT2D eigenvalue weighted by Gasteiger charge is 2.35. The van der Waals surface area contributed by atoms with Crippen molar-refractivity contribution in [1.82, 2.24) is 0 Å². The fraction of sp³-hybridized carbons (Fsp3) is 0.533. The first-order chi connectivity index (χ1) is 9.04. The summed E-state index contributed by atoms with van der Waals surface area (Å²) < 4.78 is 5.18. The molecule has 4 nitrogen and oxygen atoms in total. The Balaban J connectivity index is 2.37. The fourth-order valence-corrected chi connectivity index (χ4v) is 3.15. The van der Waals surface area contributed by atoms with Crippen molar-refractivity contribution in [2.75, 3.05) is 12.8 Å². The van der Waals surface area contributed by atoms with Gasteiger partial charge in [-0.05, 0) is 36.3 Å². The lowest BCUT2D eigenvalue weighted by molar-refractivity contribution is -0.140. The van der Waals surface area contributed by atoms with Crippen LogP contribution < -0.4 is 10.5 Å². The van der Waals surface area contributed by atoms with Gasteiger partial charge in [-0.3, -0.25) is 4.79 Å². The predicted octanol–water partition coefficient (Wildman–Crippen LogP) is 2.88. The summed E-state index contributed by atoms with van der Waals surface area (Å²) in [5.41, 5.74) is 7.19. The van der Waals surface area contributed by atoms with E-state index in [1.54, 1.807) is 25.3 Å². The molecule has 104 valence electrons. The van der Waals surface area contributed by atoms with Crippen molar-refractivity contribution in [2.45, 2.75) is 32.1 Å². The van der Waals surface area contributed by atoms with Gasteiger partial charge in [-0.2, -0.15) is 0 Å². The summed E-state index contributed by atoms with van der Waals surface area (Å²) in [6.45, 7) is 2.17. The summed E-state index contributed by atoms with van der Waals surface area (Å²) in [5.74, 6) is -0.00510. The van der Waals surface area contributed by atoms with Crippen molar-refractivity contribution in [1.29, 1.82) is 0 Å². The first-order valence-corrected chi connectivity index (χ1v) is 6.69. The van der Waals surface area contributed by atoms with Crippen molar-refractivity contribution in [3.63, 3.8) is 0 Å². The number of ether oxygens (including phenoxy) is 1. The number of nitrogen functional groups attached to an aromatic ring is 1. The smallest absolute Gasteiger partial charge is 0.311 e. The number of carbonyl (C=O) groups is 1. The van der Waals surface area contributed by atoms with Crippen molar-refractivity contribution in [2.24, 2.45) is 11.8 Å². The number of hydrogen-bond donors (Lipinski definition) is 2. The molecule has 19 heavy (non-hydrogen) atoms. The van der Waals surface area contributed by atoms with E-state index in [9.17, 15) is 9.90 Å². The number of methoxy groups -OCH3 is 1. The van der Waals surface area contributed by atoms with Crippen LogP contribution in [0.25, 0.3) is 0 Å². The third-order valence-corrected chi connectivity index (χ3v) is 4.13. The lowest BCUT2D eigenvalue weighted by Gasteiger charge is -2.22. The quantitative estimate of drug-likeness (QED) is 0.819. The zero-order valence-electron chi connectivity index (χ0n) is 11.4. The van der Waals surface area contributed by atoms with Gasteiger partial charge in [-0.1, -0.05) is 25.5 Å².